The van der Waals surface area contributed by atoms with Crippen LogP contribution in [0.2, 0.25) is 0 Å². The highest BCUT2D eigenvalue weighted by atomic mass is 35.5. The lowest BCUT2D eigenvalue weighted by Crippen LogP contribution is -2.13. The largest absolute Gasteiger partial charge is 0.461 e. The van der Waals surface area contributed by atoms with E-state index in [1.54, 1.807) is 6.92 Å². The number of aryl methyl sites for hydroxylation is 1. The number of benzene rings is 1. The maximum absolute atomic E-state index is 11.1. The van der Waals surface area contributed by atoms with Crippen molar-refractivity contribution in [3.8, 4) is 0 Å². The van der Waals surface area contributed by atoms with Crippen LogP contribution in [0, 0.1) is 6.92 Å². The molecule has 86 valence electrons. The Morgan fingerprint density at radius 3 is 2.62 bits per heavy atom. The van der Waals surface area contributed by atoms with Crippen molar-refractivity contribution >= 4 is 28.4 Å². The van der Waals surface area contributed by atoms with Crippen molar-refractivity contribution in [1.82, 2.24) is 0 Å². The molecular formula is C11H13ClN2O2. The van der Waals surface area contributed by atoms with E-state index in [4.69, 9.17) is 11.6 Å². The molecule has 0 aliphatic heterocycles. The SMILES string of the molecule is CCOC(=O)C(Cl)=NNc1ccc(C)cc1. The van der Waals surface area contributed by atoms with Gasteiger partial charge in [0, 0.05) is 0 Å². The second-order valence-corrected chi connectivity index (χ2v) is 3.46. The third-order valence-corrected chi connectivity index (χ3v) is 2.02. The van der Waals surface area contributed by atoms with Crippen molar-refractivity contribution in [1.29, 1.82) is 0 Å². The van der Waals surface area contributed by atoms with Gasteiger partial charge in [0.1, 0.15) is 0 Å². The fourth-order valence-electron chi connectivity index (χ4n) is 0.978. The number of nitrogens with zero attached hydrogens (tertiary/aromatic N) is 1. The van der Waals surface area contributed by atoms with Crippen LogP contribution >= 0.6 is 11.6 Å². The van der Waals surface area contributed by atoms with Crippen LogP contribution in [0.15, 0.2) is 29.4 Å². The molecule has 1 aromatic rings. The highest BCUT2D eigenvalue weighted by Crippen LogP contribution is 2.08. The first-order valence-electron chi connectivity index (χ1n) is 4.86. The van der Waals surface area contributed by atoms with E-state index in [1.165, 1.54) is 0 Å². The Morgan fingerprint density at radius 1 is 1.44 bits per heavy atom. The predicted octanol–water partition coefficient (Wildman–Crippen LogP) is 2.52. The van der Waals surface area contributed by atoms with Gasteiger partial charge in [0.05, 0.1) is 12.3 Å². The molecule has 0 aromatic heterocycles. The van der Waals surface area contributed by atoms with Gasteiger partial charge in [0.25, 0.3) is 0 Å². The summed E-state index contributed by atoms with van der Waals surface area (Å²) >= 11 is 5.60. The van der Waals surface area contributed by atoms with Gasteiger partial charge >= 0.3 is 5.97 Å². The lowest BCUT2D eigenvalue weighted by molar-refractivity contribution is -0.134. The van der Waals surface area contributed by atoms with Gasteiger partial charge in [-0.2, -0.15) is 5.10 Å². The summed E-state index contributed by atoms with van der Waals surface area (Å²) < 4.78 is 4.67. The Labute approximate surface area is 99.2 Å². The third-order valence-electron chi connectivity index (χ3n) is 1.78. The number of rotatable bonds is 4. The van der Waals surface area contributed by atoms with Crippen LogP contribution < -0.4 is 5.43 Å². The summed E-state index contributed by atoms with van der Waals surface area (Å²) in [4.78, 5) is 11.1. The lowest BCUT2D eigenvalue weighted by Gasteiger charge is -2.02. The Morgan fingerprint density at radius 2 is 2.06 bits per heavy atom. The molecule has 1 aromatic carbocycles. The van der Waals surface area contributed by atoms with Crippen LogP contribution in [0.3, 0.4) is 0 Å². The van der Waals surface area contributed by atoms with Gasteiger partial charge in [-0.25, -0.2) is 4.79 Å². The minimum atomic E-state index is -0.635. The molecule has 0 saturated carbocycles. The summed E-state index contributed by atoms with van der Waals surface area (Å²) in [7, 11) is 0. The average molecular weight is 241 g/mol. The first-order valence-corrected chi connectivity index (χ1v) is 5.24. The standard InChI is InChI=1S/C11H13ClN2O2/c1-3-16-11(15)10(12)14-13-9-6-4-8(2)5-7-9/h4-7,13H,3H2,1-2H3. The smallest absolute Gasteiger partial charge is 0.370 e. The van der Waals surface area contributed by atoms with Gasteiger partial charge in [-0.3, -0.25) is 5.43 Å². The molecule has 16 heavy (non-hydrogen) atoms. The van der Waals surface area contributed by atoms with E-state index in [1.807, 2.05) is 31.2 Å². The van der Waals surface area contributed by atoms with E-state index in [2.05, 4.69) is 15.3 Å². The molecule has 1 rings (SSSR count). The summed E-state index contributed by atoms with van der Waals surface area (Å²) in [5.74, 6) is -0.635. The van der Waals surface area contributed by atoms with E-state index in [0.717, 1.165) is 11.3 Å². The highest BCUT2D eigenvalue weighted by molar-refractivity contribution is 6.82. The Hall–Kier alpha value is -1.55. The van der Waals surface area contributed by atoms with Gasteiger partial charge in [-0.05, 0) is 26.0 Å². The molecule has 0 bridgehead atoms. The second kappa shape index (κ2) is 6.12. The number of carbonyl (C=O) groups excluding carboxylic acids is 1. The lowest BCUT2D eigenvalue weighted by atomic mass is 10.2. The maximum atomic E-state index is 11.1. The Kier molecular flexibility index (Phi) is 4.79. The normalized spacial score (nSPS) is 11.1. The number of nitrogens with one attached hydrogen (secondary N) is 1. The zero-order valence-corrected chi connectivity index (χ0v) is 9.91. The van der Waals surface area contributed by atoms with Crippen LogP contribution in [0.5, 0.6) is 0 Å². The molecule has 0 heterocycles. The molecule has 0 spiro atoms. The number of ether oxygens (including phenoxy) is 1. The molecule has 0 atom stereocenters. The maximum Gasteiger partial charge on any atom is 0.370 e. The van der Waals surface area contributed by atoms with Crippen LogP contribution in [0.25, 0.3) is 0 Å². The van der Waals surface area contributed by atoms with Crippen LogP contribution in [-0.4, -0.2) is 17.7 Å². The zero-order chi connectivity index (χ0) is 12.0. The van der Waals surface area contributed by atoms with Crippen LogP contribution in [0.4, 0.5) is 5.69 Å². The fourth-order valence-corrected chi connectivity index (χ4v) is 1.07. The number of hydrogen-bond donors (Lipinski definition) is 1. The minimum absolute atomic E-state index is 0.220. The van der Waals surface area contributed by atoms with Crippen molar-refractivity contribution in [2.75, 3.05) is 12.0 Å². The van der Waals surface area contributed by atoms with Gasteiger partial charge in [0.15, 0.2) is 0 Å². The summed E-state index contributed by atoms with van der Waals surface area (Å²) in [5.41, 5.74) is 4.57. The van der Waals surface area contributed by atoms with Crippen molar-refractivity contribution in [2.45, 2.75) is 13.8 Å². The van der Waals surface area contributed by atoms with E-state index >= 15 is 0 Å². The van der Waals surface area contributed by atoms with E-state index < -0.39 is 5.97 Å². The highest BCUT2D eigenvalue weighted by Gasteiger charge is 2.08. The third kappa shape index (κ3) is 3.90. The van der Waals surface area contributed by atoms with Gasteiger partial charge < -0.3 is 4.74 Å². The second-order valence-electron chi connectivity index (χ2n) is 3.10. The molecule has 1 N–H and O–H groups in total. The van der Waals surface area contributed by atoms with Crippen molar-refractivity contribution in [2.24, 2.45) is 5.10 Å². The molecule has 0 unspecified atom stereocenters. The van der Waals surface area contributed by atoms with Gasteiger partial charge in [-0.1, -0.05) is 29.3 Å². The quantitative estimate of drug-likeness (QED) is 0.500. The number of anilines is 1. The Bertz CT molecular complexity index is 387. The molecule has 0 fully saturated rings. The topological polar surface area (TPSA) is 50.7 Å². The first kappa shape index (κ1) is 12.5. The van der Waals surface area contributed by atoms with Crippen LogP contribution in [0.1, 0.15) is 12.5 Å². The van der Waals surface area contributed by atoms with Gasteiger partial charge in [-0.15, -0.1) is 0 Å². The summed E-state index contributed by atoms with van der Waals surface area (Å²) in [6.07, 6.45) is 0. The minimum Gasteiger partial charge on any atom is -0.461 e. The fraction of sp³-hybridized carbons (Fsp3) is 0.273. The number of hydrazone groups is 1. The molecule has 0 radical (unpaired) electrons. The zero-order valence-electron chi connectivity index (χ0n) is 9.16. The number of carbonyl (C=O) groups is 1. The molecule has 5 heteroatoms. The van der Waals surface area contributed by atoms with Crippen LogP contribution in [-0.2, 0) is 9.53 Å². The molecule has 0 aliphatic rings. The summed E-state index contributed by atoms with van der Waals surface area (Å²) in [6, 6.07) is 7.54. The molecule has 0 saturated heterocycles. The molecule has 0 amide bonds. The van der Waals surface area contributed by atoms with Crippen molar-refractivity contribution in [3.05, 3.63) is 29.8 Å². The van der Waals surface area contributed by atoms with E-state index in [0.29, 0.717) is 0 Å². The summed E-state index contributed by atoms with van der Waals surface area (Å²) in [5, 5.41) is 3.48. The Balaban J connectivity index is 2.58. The number of esters is 1. The summed E-state index contributed by atoms with van der Waals surface area (Å²) in [6.45, 7) is 3.96. The van der Waals surface area contributed by atoms with Crippen molar-refractivity contribution in [3.63, 3.8) is 0 Å². The monoisotopic (exact) mass is 240 g/mol. The van der Waals surface area contributed by atoms with E-state index in [9.17, 15) is 4.79 Å². The molecule has 0 aliphatic carbocycles. The van der Waals surface area contributed by atoms with Gasteiger partial charge in [0.2, 0.25) is 5.17 Å². The molecular weight excluding hydrogens is 228 g/mol. The first-order chi connectivity index (χ1) is 7.63. The van der Waals surface area contributed by atoms with Crippen molar-refractivity contribution < 1.29 is 9.53 Å². The molecule has 4 nitrogen and oxygen atoms in total. The average Bonchev–Trinajstić information content (AvgIpc) is 2.28. The van der Waals surface area contributed by atoms with E-state index in [-0.39, 0.29) is 11.8 Å². The number of halogens is 1. The number of hydrogen-bond acceptors (Lipinski definition) is 4. The predicted molar refractivity (Wildman–Crippen MR) is 64.7 cm³/mol.